The predicted molar refractivity (Wildman–Crippen MR) is 87.9 cm³/mol. The van der Waals surface area contributed by atoms with E-state index in [4.69, 9.17) is 0 Å². The molecule has 0 heterocycles. The predicted octanol–water partition coefficient (Wildman–Crippen LogP) is 1.68. The Bertz CT molecular complexity index is 587. The molecule has 118 valence electrons. The van der Waals surface area contributed by atoms with Gasteiger partial charge in [0.15, 0.2) is 0 Å². The Labute approximate surface area is 128 Å². The van der Waals surface area contributed by atoms with Gasteiger partial charge in [0.25, 0.3) is 0 Å². The van der Waals surface area contributed by atoms with E-state index in [2.05, 4.69) is 10.2 Å². The number of hydrogen-bond acceptors (Lipinski definition) is 4. The summed E-state index contributed by atoms with van der Waals surface area (Å²) in [7, 11) is 0. The molecule has 0 aliphatic heterocycles. The molecule has 0 radical (unpaired) electrons. The SMILES string of the molecule is C/C(=N\N=C(/C)c1ccc(O)cc1)c1ccc(O)cc1.O.O. The van der Waals surface area contributed by atoms with Crippen molar-refractivity contribution in [3.05, 3.63) is 59.7 Å². The van der Waals surface area contributed by atoms with Gasteiger partial charge < -0.3 is 21.2 Å². The Morgan fingerprint density at radius 1 is 0.636 bits per heavy atom. The summed E-state index contributed by atoms with van der Waals surface area (Å²) in [4.78, 5) is 0. The van der Waals surface area contributed by atoms with Gasteiger partial charge in [0.2, 0.25) is 0 Å². The van der Waals surface area contributed by atoms with Gasteiger partial charge in [-0.05, 0) is 73.5 Å². The third-order valence-corrected chi connectivity index (χ3v) is 2.92. The maximum atomic E-state index is 9.24. The molecule has 6 nitrogen and oxygen atoms in total. The van der Waals surface area contributed by atoms with Gasteiger partial charge >= 0.3 is 0 Å². The monoisotopic (exact) mass is 304 g/mol. The second kappa shape index (κ2) is 8.56. The molecular weight excluding hydrogens is 284 g/mol. The molecule has 0 aliphatic carbocycles. The van der Waals surface area contributed by atoms with Crippen LogP contribution in [0.2, 0.25) is 0 Å². The first-order chi connectivity index (χ1) is 9.56. The van der Waals surface area contributed by atoms with Crippen molar-refractivity contribution in [3.8, 4) is 11.5 Å². The first-order valence-corrected chi connectivity index (χ1v) is 6.24. The van der Waals surface area contributed by atoms with E-state index in [0.29, 0.717) is 0 Å². The second-order valence-electron chi connectivity index (χ2n) is 4.46. The first-order valence-electron chi connectivity index (χ1n) is 6.24. The molecule has 22 heavy (non-hydrogen) atoms. The van der Waals surface area contributed by atoms with E-state index in [-0.39, 0.29) is 22.5 Å². The minimum atomic E-state index is 0. The van der Waals surface area contributed by atoms with Crippen molar-refractivity contribution in [1.82, 2.24) is 0 Å². The molecule has 0 unspecified atom stereocenters. The highest BCUT2D eigenvalue weighted by atomic mass is 16.3. The van der Waals surface area contributed by atoms with Crippen molar-refractivity contribution in [2.24, 2.45) is 10.2 Å². The van der Waals surface area contributed by atoms with Crippen LogP contribution in [0.15, 0.2) is 58.7 Å². The number of phenols is 2. The van der Waals surface area contributed by atoms with E-state index in [1.165, 1.54) is 0 Å². The van der Waals surface area contributed by atoms with Gasteiger partial charge in [0, 0.05) is 0 Å². The van der Waals surface area contributed by atoms with Gasteiger partial charge in [-0.25, -0.2) is 0 Å². The Morgan fingerprint density at radius 2 is 0.909 bits per heavy atom. The fourth-order valence-corrected chi connectivity index (χ4v) is 1.67. The fraction of sp³-hybridized carbons (Fsp3) is 0.125. The maximum absolute atomic E-state index is 9.24. The molecule has 0 atom stereocenters. The molecule has 0 aliphatic rings. The molecule has 2 aromatic carbocycles. The Kier molecular flexibility index (Phi) is 7.51. The highest BCUT2D eigenvalue weighted by Gasteiger charge is 1.99. The molecular formula is C16H20N2O4. The van der Waals surface area contributed by atoms with E-state index in [1.807, 2.05) is 13.8 Å². The minimum absolute atomic E-state index is 0. The highest BCUT2D eigenvalue weighted by molar-refractivity contribution is 6.01. The van der Waals surface area contributed by atoms with Crippen LogP contribution in [0.4, 0.5) is 0 Å². The van der Waals surface area contributed by atoms with Gasteiger partial charge in [0.05, 0.1) is 11.4 Å². The van der Waals surface area contributed by atoms with Gasteiger partial charge in [0.1, 0.15) is 11.5 Å². The average molecular weight is 304 g/mol. The summed E-state index contributed by atoms with van der Waals surface area (Å²) in [6, 6.07) is 13.6. The Balaban J connectivity index is 0.00000220. The number of benzene rings is 2. The van der Waals surface area contributed by atoms with Gasteiger partial charge in [-0.2, -0.15) is 10.2 Å². The van der Waals surface area contributed by atoms with Crippen molar-refractivity contribution >= 4 is 11.4 Å². The van der Waals surface area contributed by atoms with Crippen LogP contribution < -0.4 is 0 Å². The van der Waals surface area contributed by atoms with E-state index in [0.717, 1.165) is 22.6 Å². The van der Waals surface area contributed by atoms with Crippen LogP contribution in [0.3, 0.4) is 0 Å². The normalized spacial score (nSPS) is 11.4. The summed E-state index contributed by atoms with van der Waals surface area (Å²) in [6.07, 6.45) is 0. The van der Waals surface area contributed by atoms with Crippen molar-refractivity contribution in [2.45, 2.75) is 13.8 Å². The maximum Gasteiger partial charge on any atom is 0.115 e. The van der Waals surface area contributed by atoms with Crippen LogP contribution in [0, 0.1) is 0 Å². The molecule has 0 fully saturated rings. The van der Waals surface area contributed by atoms with Crippen LogP contribution in [0.1, 0.15) is 25.0 Å². The summed E-state index contributed by atoms with van der Waals surface area (Å²) in [5, 5.41) is 26.8. The highest BCUT2D eigenvalue weighted by Crippen LogP contribution is 2.12. The van der Waals surface area contributed by atoms with E-state index >= 15 is 0 Å². The number of nitrogens with zero attached hydrogens (tertiary/aromatic N) is 2. The molecule has 0 saturated heterocycles. The van der Waals surface area contributed by atoms with Crippen molar-refractivity contribution in [2.75, 3.05) is 0 Å². The van der Waals surface area contributed by atoms with Crippen LogP contribution in [-0.4, -0.2) is 32.6 Å². The largest absolute Gasteiger partial charge is 0.508 e. The molecule has 6 heteroatoms. The molecule has 0 saturated carbocycles. The Morgan fingerprint density at radius 3 is 1.18 bits per heavy atom. The van der Waals surface area contributed by atoms with Crippen LogP contribution >= 0.6 is 0 Å². The smallest absolute Gasteiger partial charge is 0.115 e. The molecule has 0 aromatic heterocycles. The van der Waals surface area contributed by atoms with Gasteiger partial charge in [-0.1, -0.05) is 0 Å². The summed E-state index contributed by atoms with van der Waals surface area (Å²) in [5.41, 5.74) is 3.35. The topological polar surface area (TPSA) is 128 Å². The zero-order valence-corrected chi connectivity index (χ0v) is 12.4. The lowest BCUT2D eigenvalue weighted by atomic mass is 10.1. The van der Waals surface area contributed by atoms with Crippen molar-refractivity contribution in [1.29, 1.82) is 0 Å². The quantitative estimate of drug-likeness (QED) is 0.660. The lowest BCUT2D eigenvalue weighted by molar-refractivity contribution is 0.474. The first kappa shape index (κ1) is 19.3. The minimum Gasteiger partial charge on any atom is -0.508 e. The lowest BCUT2D eigenvalue weighted by Crippen LogP contribution is -1.96. The standard InChI is InChI=1S/C16H16N2O2.2H2O/c1-11(13-3-7-15(19)8-4-13)17-18-12(2)14-5-9-16(20)10-6-14;;/h3-10,19-20H,1-2H3;2*1H2/b17-11+,18-12+;;. The molecule has 0 spiro atoms. The summed E-state index contributed by atoms with van der Waals surface area (Å²) in [6.45, 7) is 3.72. The van der Waals surface area contributed by atoms with E-state index < -0.39 is 0 Å². The molecule has 2 rings (SSSR count). The number of hydrogen-bond donors (Lipinski definition) is 2. The number of aromatic hydroxyl groups is 2. The Hall–Kier alpha value is -2.70. The third-order valence-electron chi connectivity index (χ3n) is 2.92. The summed E-state index contributed by atoms with van der Waals surface area (Å²) in [5.74, 6) is 0.454. The number of phenolic OH excluding ortho intramolecular Hbond substituents is 2. The molecule has 6 N–H and O–H groups in total. The second-order valence-corrected chi connectivity index (χ2v) is 4.46. The average Bonchev–Trinajstić information content (AvgIpc) is 2.46. The lowest BCUT2D eigenvalue weighted by Gasteiger charge is -2.01. The zero-order chi connectivity index (χ0) is 14.5. The zero-order valence-electron chi connectivity index (χ0n) is 12.4. The third kappa shape index (κ3) is 5.01. The molecule has 0 amide bonds. The van der Waals surface area contributed by atoms with E-state index in [9.17, 15) is 10.2 Å². The van der Waals surface area contributed by atoms with Gasteiger partial charge in [-0.15, -0.1) is 0 Å². The van der Waals surface area contributed by atoms with Crippen LogP contribution in [-0.2, 0) is 0 Å². The van der Waals surface area contributed by atoms with E-state index in [1.54, 1.807) is 48.5 Å². The van der Waals surface area contributed by atoms with Crippen molar-refractivity contribution in [3.63, 3.8) is 0 Å². The summed E-state index contributed by atoms with van der Waals surface area (Å²) < 4.78 is 0. The van der Waals surface area contributed by atoms with Crippen LogP contribution in [0.5, 0.6) is 11.5 Å². The molecule has 0 bridgehead atoms. The van der Waals surface area contributed by atoms with Crippen LogP contribution in [0.25, 0.3) is 0 Å². The molecule has 2 aromatic rings. The number of rotatable bonds is 3. The fourth-order valence-electron chi connectivity index (χ4n) is 1.67. The van der Waals surface area contributed by atoms with Gasteiger partial charge in [-0.3, -0.25) is 0 Å². The van der Waals surface area contributed by atoms with Crippen molar-refractivity contribution < 1.29 is 21.2 Å². The summed E-state index contributed by atoms with van der Waals surface area (Å²) >= 11 is 0.